The van der Waals surface area contributed by atoms with Crippen LogP contribution >= 0.6 is 0 Å². The summed E-state index contributed by atoms with van der Waals surface area (Å²) in [6.07, 6.45) is 3.11. The number of hydrogen-bond acceptors (Lipinski definition) is 4. The molecular formula is C22H26FN3O3. The average molecular weight is 399 g/mol. The fourth-order valence-electron chi connectivity index (χ4n) is 3.34. The van der Waals surface area contributed by atoms with Crippen LogP contribution in [0.1, 0.15) is 70.9 Å². The van der Waals surface area contributed by atoms with E-state index in [0.717, 1.165) is 36.1 Å². The number of nitrogens with zero attached hydrogens (tertiary/aromatic N) is 1. The van der Waals surface area contributed by atoms with Gasteiger partial charge in [0.2, 0.25) is 0 Å². The molecule has 0 radical (unpaired) electrons. The van der Waals surface area contributed by atoms with Crippen LogP contribution in [-0.2, 0) is 6.42 Å². The maximum atomic E-state index is 13.0. The van der Waals surface area contributed by atoms with Crippen molar-refractivity contribution in [3.63, 3.8) is 0 Å². The van der Waals surface area contributed by atoms with E-state index in [1.54, 1.807) is 0 Å². The lowest BCUT2D eigenvalue weighted by molar-refractivity contribution is 0.0920. The van der Waals surface area contributed by atoms with Crippen molar-refractivity contribution in [2.75, 3.05) is 6.54 Å². The Kier molecular flexibility index (Phi) is 6.46. The summed E-state index contributed by atoms with van der Waals surface area (Å²) >= 11 is 0. The molecule has 6 nitrogen and oxygen atoms in total. The van der Waals surface area contributed by atoms with E-state index in [4.69, 9.17) is 4.42 Å². The second-order valence-electron chi connectivity index (χ2n) is 7.65. The van der Waals surface area contributed by atoms with Gasteiger partial charge in [-0.05, 0) is 56.4 Å². The minimum absolute atomic E-state index is 0.229. The Morgan fingerprint density at radius 2 is 1.90 bits per heavy atom. The number of fused-ring (bicyclic) bond motifs is 1. The summed E-state index contributed by atoms with van der Waals surface area (Å²) in [5.41, 5.74) is 5.06. The summed E-state index contributed by atoms with van der Waals surface area (Å²) in [4.78, 5) is 24.8. The fraction of sp³-hybridized carbons (Fsp3) is 0.409. The minimum Gasteiger partial charge on any atom is -0.455 e. The van der Waals surface area contributed by atoms with Gasteiger partial charge >= 0.3 is 0 Å². The number of rotatable bonds is 6. The van der Waals surface area contributed by atoms with Gasteiger partial charge in [0.25, 0.3) is 11.8 Å². The molecule has 0 saturated carbocycles. The van der Waals surface area contributed by atoms with E-state index in [-0.39, 0.29) is 5.91 Å². The van der Waals surface area contributed by atoms with Crippen LogP contribution in [0.4, 0.5) is 4.39 Å². The predicted molar refractivity (Wildman–Crippen MR) is 109 cm³/mol. The number of hydrazone groups is 1. The molecule has 3 rings (SSSR count). The third-order valence-electron chi connectivity index (χ3n) is 4.94. The van der Waals surface area contributed by atoms with Crippen LogP contribution in [0.15, 0.2) is 33.8 Å². The van der Waals surface area contributed by atoms with Crippen molar-refractivity contribution in [3.05, 3.63) is 58.3 Å². The highest BCUT2D eigenvalue weighted by Crippen LogP contribution is 2.29. The van der Waals surface area contributed by atoms with E-state index in [1.165, 1.54) is 24.3 Å². The van der Waals surface area contributed by atoms with Crippen molar-refractivity contribution in [1.29, 1.82) is 0 Å². The van der Waals surface area contributed by atoms with Crippen molar-refractivity contribution in [3.8, 4) is 0 Å². The lowest BCUT2D eigenvalue weighted by Crippen LogP contribution is -2.25. The third-order valence-corrected chi connectivity index (χ3v) is 4.94. The fourth-order valence-corrected chi connectivity index (χ4v) is 3.34. The smallest absolute Gasteiger partial charge is 0.287 e. The highest BCUT2D eigenvalue weighted by atomic mass is 19.1. The molecule has 29 heavy (non-hydrogen) atoms. The van der Waals surface area contributed by atoms with Gasteiger partial charge in [0.05, 0.1) is 5.71 Å². The van der Waals surface area contributed by atoms with Crippen molar-refractivity contribution in [2.45, 2.75) is 46.5 Å². The molecule has 0 bridgehead atoms. The maximum absolute atomic E-state index is 13.0. The van der Waals surface area contributed by atoms with Crippen molar-refractivity contribution in [2.24, 2.45) is 11.0 Å². The van der Waals surface area contributed by atoms with Gasteiger partial charge in [0.1, 0.15) is 11.6 Å². The van der Waals surface area contributed by atoms with Crippen LogP contribution < -0.4 is 10.7 Å². The molecule has 7 heteroatoms. The Hall–Kier alpha value is -2.96. The standard InChI is InChI=1S/C22H26FN3O3/c1-13(2)11-12-24-22(28)20-14(3)19-17(5-4-6-18(19)29-20)25-26-21(27)15-7-9-16(23)10-8-15/h7-10,13H,4-6,11-12H2,1-3H3,(H,24,28)(H,26,27)/b25-17+. The van der Waals surface area contributed by atoms with E-state index in [2.05, 4.69) is 29.7 Å². The molecule has 0 fully saturated rings. The van der Waals surface area contributed by atoms with Gasteiger partial charge in [-0.1, -0.05) is 13.8 Å². The SMILES string of the molecule is Cc1c(C(=O)NCCC(C)C)oc2c1/C(=N/NC(=O)c1ccc(F)cc1)CCC2. The Morgan fingerprint density at radius 3 is 2.59 bits per heavy atom. The molecule has 154 valence electrons. The number of aryl methyl sites for hydroxylation is 1. The highest BCUT2D eigenvalue weighted by molar-refractivity contribution is 6.07. The molecule has 2 aromatic rings. The van der Waals surface area contributed by atoms with E-state index in [1.807, 2.05) is 6.92 Å². The van der Waals surface area contributed by atoms with Crippen molar-refractivity contribution < 1.29 is 18.4 Å². The largest absolute Gasteiger partial charge is 0.455 e. The topological polar surface area (TPSA) is 83.7 Å². The zero-order valence-corrected chi connectivity index (χ0v) is 17.0. The third kappa shape index (κ3) is 4.91. The molecular weight excluding hydrogens is 373 g/mol. The molecule has 0 saturated heterocycles. The Bertz CT molecular complexity index is 930. The zero-order valence-electron chi connectivity index (χ0n) is 17.0. The Balaban J connectivity index is 1.76. The average Bonchev–Trinajstić information content (AvgIpc) is 3.03. The molecule has 0 aliphatic heterocycles. The molecule has 0 atom stereocenters. The number of furan rings is 1. The van der Waals surface area contributed by atoms with Gasteiger partial charge in [-0.25, -0.2) is 9.82 Å². The monoisotopic (exact) mass is 399 g/mol. The molecule has 0 unspecified atom stereocenters. The van der Waals surface area contributed by atoms with Crippen LogP contribution in [-0.4, -0.2) is 24.1 Å². The van der Waals surface area contributed by atoms with Gasteiger partial charge in [-0.2, -0.15) is 5.10 Å². The highest BCUT2D eigenvalue weighted by Gasteiger charge is 2.28. The van der Waals surface area contributed by atoms with Crippen molar-refractivity contribution in [1.82, 2.24) is 10.7 Å². The first-order valence-corrected chi connectivity index (χ1v) is 9.90. The number of benzene rings is 1. The molecule has 1 aliphatic carbocycles. The van der Waals surface area contributed by atoms with E-state index in [0.29, 0.717) is 35.9 Å². The molecule has 1 heterocycles. The first kappa shape index (κ1) is 20.8. The first-order chi connectivity index (χ1) is 13.9. The number of halogens is 1. The van der Waals surface area contributed by atoms with Crippen LogP contribution in [0.2, 0.25) is 0 Å². The number of hydrogen-bond donors (Lipinski definition) is 2. The summed E-state index contributed by atoms with van der Waals surface area (Å²) < 4.78 is 18.9. The molecule has 1 aromatic heterocycles. The van der Waals surface area contributed by atoms with Crippen LogP contribution in [0.5, 0.6) is 0 Å². The second-order valence-corrected chi connectivity index (χ2v) is 7.65. The summed E-state index contributed by atoms with van der Waals surface area (Å²) in [5.74, 6) is 0.475. The minimum atomic E-state index is -0.419. The normalized spacial score (nSPS) is 14.7. The zero-order chi connectivity index (χ0) is 21.0. The van der Waals surface area contributed by atoms with Crippen LogP contribution in [0.3, 0.4) is 0 Å². The van der Waals surface area contributed by atoms with Crippen molar-refractivity contribution >= 4 is 17.5 Å². The molecule has 2 N–H and O–H groups in total. The Morgan fingerprint density at radius 1 is 1.17 bits per heavy atom. The summed E-state index contributed by atoms with van der Waals surface area (Å²) in [6.45, 7) is 6.64. The number of carbonyl (C=O) groups is 2. The molecule has 1 aliphatic rings. The van der Waals surface area contributed by atoms with Gasteiger partial charge in [-0.3, -0.25) is 9.59 Å². The Labute approximate surface area is 169 Å². The maximum Gasteiger partial charge on any atom is 0.287 e. The van der Waals surface area contributed by atoms with E-state index >= 15 is 0 Å². The van der Waals surface area contributed by atoms with Crippen LogP contribution in [0.25, 0.3) is 0 Å². The number of nitrogens with one attached hydrogen (secondary N) is 2. The summed E-state index contributed by atoms with van der Waals surface area (Å²) in [6, 6.07) is 5.26. The molecule has 0 spiro atoms. The summed E-state index contributed by atoms with van der Waals surface area (Å²) in [7, 11) is 0. The summed E-state index contributed by atoms with van der Waals surface area (Å²) in [5, 5.41) is 7.17. The quantitative estimate of drug-likeness (QED) is 0.721. The van der Waals surface area contributed by atoms with Gasteiger partial charge in [0.15, 0.2) is 5.76 Å². The first-order valence-electron chi connectivity index (χ1n) is 9.90. The van der Waals surface area contributed by atoms with Gasteiger partial charge in [-0.15, -0.1) is 0 Å². The van der Waals surface area contributed by atoms with Gasteiger partial charge in [0, 0.05) is 29.7 Å². The van der Waals surface area contributed by atoms with Gasteiger partial charge < -0.3 is 9.73 Å². The molecule has 1 aromatic carbocycles. The second kappa shape index (κ2) is 9.03. The lowest BCUT2D eigenvalue weighted by Gasteiger charge is -2.13. The predicted octanol–water partition coefficient (Wildman–Crippen LogP) is 3.97. The number of carbonyl (C=O) groups excluding carboxylic acids is 2. The molecule has 2 amide bonds. The lowest BCUT2D eigenvalue weighted by atomic mass is 9.93. The van der Waals surface area contributed by atoms with Crippen LogP contribution in [0, 0.1) is 18.7 Å². The van der Waals surface area contributed by atoms with E-state index < -0.39 is 11.7 Å². The van der Waals surface area contributed by atoms with E-state index in [9.17, 15) is 14.0 Å². The number of amides is 2.